The molecule has 1 heterocycles. The van der Waals surface area contributed by atoms with Gasteiger partial charge in [0, 0.05) is 0 Å². The average molecular weight is 320 g/mol. The molecule has 1 aromatic rings. The van der Waals surface area contributed by atoms with Crippen LogP contribution in [0.3, 0.4) is 0 Å². The molecular formula is C16H16O7. The molecule has 0 amide bonds. The van der Waals surface area contributed by atoms with Crippen LogP contribution in [0.4, 0.5) is 0 Å². The van der Waals surface area contributed by atoms with E-state index in [2.05, 4.69) is 0 Å². The molecule has 23 heavy (non-hydrogen) atoms. The summed E-state index contributed by atoms with van der Waals surface area (Å²) in [6.45, 7) is 0. The van der Waals surface area contributed by atoms with Crippen molar-refractivity contribution in [2.75, 3.05) is 28.4 Å². The Labute approximate surface area is 133 Å². The van der Waals surface area contributed by atoms with Crippen molar-refractivity contribution in [2.45, 2.75) is 0 Å². The minimum atomic E-state index is -0.676. The van der Waals surface area contributed by atoms with Gasteiger partial charge in [-0.05, 0) is 17.7 Å². The highest BCUT2D eigenvalue weighted by Gasteiger charge is 2.30. The summed E-state index contributed by atoms with van der Waals surface area (Å²) in [5.74, 6) is -0.249. The maximum Gasteiger partial charge on any atom is 0.342 e. The van der Waals surface area contributed by atoms with Gasteiger partial charge in [-0.15, -0.1) is 0 Å². The largest absolute Gasteiger partial charge is 0.493 e. The lowest BCUT2D eigenvalue weighted by Gasteiger charge is -2.13. The Kier molecular flexibility index (Phi) is 4.90. The van der Waals surface area contributed by atoms with E-state index >= 15 is 0 Å². The van der Waals surface area contributed by atoms with Gasteiger partial charge in [-0.1, -0.05) is 6.07 Å². The van der Waals surface area contributed by atoms with Crippen LogP contribution in [0.5, 0.6) is 11.5 Å². The number of rotatable bonds is 5. The van der Waals surface area contributed by atoms with Crippen molar-refractivity contribution < 1.29 is 33.3 Å². The summed E-state index contributed by atoms with van der Waals surface area (Å²) < 4.78 is 25.4. The third kappa shape index (κ3) is 3.13. The van der Waals surface area contributed by atoms with Crippen molar-refractivity contribution in [3.8, 4) is 11.5 Å². The van der Waals surface area contributed by atoms with Gasteiger partial charge in [-0.3, -0.25) is 0 Å². The molecule has 7 heteroatoms. The lowest BCUT2D eigenvalue weighted by Crippen LogP contribution is -2.10. The summed E-state index contributed by atoms with van der Waals surface area (Å²) in [5.41, 5.74) is 0.481. The number of carbonyl (C=O) groups is 2. The summed E-state index contributed by atoms with van der Waals surface area (Å²) >= 11 is 0. The van der Waals surface area contributed by atoms with Crippen molar-refractivity contribution in [1.29, 1.82) is 0 Å². The summed E-state index contributed by atoms with van der Waals surface area (Å²) in [6, 6.07) is 4.84. The second-order valence-corrected chi connectivity index (χ2v) is 4.40. The summed E-state index contributed by atoms with van der Waals surface area (Å²) in [6.07, 6.45) is 1.15. The fraction of sp³-hybridized carbons (Fsp3) is 0.250. The number of methoxy groups -OCH3 is 4. The summed E-state index contributed by atoms with van der Waals surface area (Å²) in [5, 5.41) is 0. The molecule has 7 nitrogen and oxygen atoms in total. The van der Waals surface area contributed by atoms with Crippen LogP contribution in [0.25, 0.3) is 5.57 Å². The molecule has 1 aromatic carbocycles. The molecule has 0 N–H and O–H groups in total. The zero-order valence-corrected chi connectivity index (χ0v) is 13.2. The third-order valence-electron chi connectivity index (χ3n) is 3.18. The van der Waals surface area contributed by atoms with Crippen molar-refractivity contribution in [3.05, 3.63) is 41.4 Å². The van der Waals surface area contributed by atoms with Crippen LogP contribution < -0.4 is 9.47 Å². The van der Waals surface area contributed by atoms with E-state index < -0.39 is 11.9 Å². The van der Waals surface area contributed by atoms with Crippen LogP contribution in [0.1, 0.15) is 5.56 Å². The van der Waals surface area contributed by atoms with E-state index in [1.165, 1.54) is 28.4 Å². The van der Waals surface area contributed by atoms with E-state index in [1.807, 2.05) is 0 Å². The van der Waals surface area contributed by atoms with Gasteiger partial charge in [-0.2, -0.15) is 0 Å². The summed E-state index contributed by atoms with van der Waals surface area (Å²) in [4.78, 5) is 23.7. The van der Waals surface area contributed by atoms with Crippen LogP contribution in [-0.2, 0) is 23.8 Å². The average Bonchev–Trinajstić information content (AvgIpc) is 2.95. The second kappa shape index (κ2) is 6.87. The van der Waals surface area contributed by atoms with Crippen molar-refractivity contribution in [3.63, 3.8) is 0 Å². The van der Waals surface area contributed by atoms with Crippen LogP contribution >= 0.6 is 0 Å². The molecule has 0 saturated carbocycles. The van der Waals surface area contributed by atoms with Crippen molar-refractivity contribution in [2.24, 2.45) is 0 Å². The number of hydrogen-bond donors (Lipinski definition) is 0. The molecule has 0 fully saturated rings. The van der Waals surface area contributed by atoms with Gasteiger partial charge in [0.2, 0.25) is 0 Å². The van der Waals surface area contributed by atoms with E-state index in [0.717, 1.165) is 6.08 Å². The molecule has 0 atom stereocenters. The molecule has 0 bridgehead atoms. The first-order valence-corrected chi connectivity index (χ1v) is 6.58. The Morgan fingerprint density at radius 1 is 1.00 bits per heavy atom. The first-order chi connectivity index (χ1) is 11.0. The molecule has 0 radical (unpaired) electrons. The molecule has 0 aliphatic carbocycles. The number of carbonyl (C=O) groups excluding carboxylic acids is 2. The Bertz CT molecular complexity index is 700. The third-order valence-corrected chi connectivity index (χ3v) is 3.18. The summed E-state index contributed by atoms with van der Waals surface area (Å²) in [7, 11) is 5.58. The van der Waals surface area contributed by atoms with Crippen molar-refractivity contribution in [1.82, 2.24) is 0 Å². The van der Waals surface area contributed by atoms with Gasteiger partial charge in [0.25, 0.3) is 0 Å². The topological polar surface area (TPSA) is 80.3 Å². The SMILES string of the molecule is COC(=O)/C(=C1/OC(=O)C=C1OC)c1ccc(OC)c(OC)c1. The van der Waals surface area contributed by atoms with Crippen LogP contribution in [0.15, 0.2) is 35.8 Å². The maximum absolute atomic E-state index is 12.2. The number of ether oxygens (including phenoxy) is 5. The second-order valence-electron chi connectivity index (χ2n) is 4.40. The number of esters is 2. The van der Waals surface area contributed by atoms with E-state index in [0.29, 0.717) is 17.1 Å². The standard InChI is InChI=1S/C16H16O7/c1-19-10-6-5-9(7-11(10)20-2)14(16(18)22-4)15-12(21-3)8-13(17)23-15/h5-8H,1-4H3/b15-14+. The van der Waals surface area contributed by atoms with Crippen LogP contribution in [-0.4, -0.2) is 40.4 Å². The molecule has 0 unspecified atom stereocenters. The Morgan fingerprint density at radius 3 is 2.26 bits per heavy atom. The fourth-order valence-corrected chi connectivity index (χ4v) is 2.11. The Hall–Kier alpha value is -2.96. The first-order valence-electron chi connectivity index (χ1n) is 6.58. The van der Waals surface area contributed by atoms with Gasteiger partial charge >= 0.3 is 11.9 Å². The normalized spacial score (nSPS) is 15.5. The van der Waals surface area contributed by atoms with Gasteiger partial charge in [0.05, 0.1) is 34.5 Å². The predicted molar refractivity (Wildman–Crippen MR) is 79.7 cm³/mol. The molecule has 1 aliphatic rings. The lowest BCUT2D eigenvalue weighted by atomic mass is 10.0. The highest BCUT2D eigenvalue weighted by molar-refractivity contribution is 6.18. The Balaban J connectivity index is 2.64. The number of cyclic esters (lactones) is 1. The van der Waals surface area contributed by atoms with E-state index in [9.17, 15) is 9.59 Å². The lowest BCUT2D eigenvalue weighted by molar-refractivity contribution is -0.134. The highest BCUT2D eigenvalue weighted by Crippen LogP contribution is 2.35. The molecule has 2 rings (SSSR count). The first kappa shape index (κ1) is 16.4. The zero-order valence-electron chi connectivity index (χ0n) is 13.2. The number of hydrogen-bond acceptors (Lipinski definition) is 7. The molecular weight excluding hydrogens is 304 g/mol. The number of benzene rings is 1. The zero-order chi connectivity index (χ0) is 17.0. The Morgan fingerprint density at radius 2 is 1.70 bits per heavy atom. The van der Waals surface area contributed by atoms with Gasteiger partial charge < -0.3 is 23.7 Å². The van der Waals surface area contributed by atoms with Crippen molar-refractivity contribution >= 4 is 17.5 Å². The minimum absolute atomic E-state index is 0.00318. The van der Waals surface area contributed by atoms with Crippen LogP contribution in [0.2, 0.25) is 0 Å². The fourth-order valence-electron chi connectivity index (χ4n) is 2.11. The highest BCUT2D eigenvalue weighted by atomic mass is 16.6. The molecule has 1 aliphatic heterocycles. The van der Waals surface area contributed by atoms with E-state index in [-0.39, 0.29) is 17.1 Å². The van der Waals surface area contributed by atoms with E-state index in [4.69, 9.17) is 23.7 Å². The maximum atomic E-state index is 12.2. The molecule has 0 saturated heterocycles. The van der Waals surface area contributed by atoms with Gasteiger partial charge in [0.15, 0.2) is 23.0 Å². The molecule has 0 aromatic heterocycles. The van der Waals surface area contributed by atoms with Gasteiger partial charge in [-0.25, -0.2) is 9.59 Å². The van der Waals surface area contributed by atoms with E-state index in [1.54, 1.807) is 18.2 Å². The molecule has 0 spiro atoms. The smallest absolute Gasteiger partial charge is 0.342 e. The van der Waals surface area contributed by atoms with Crippen LogP contribution in [0, 0.1) is 0 Å². The minimum Gasteiger partial charge on any atom is -0.493 e. The van der Waals surface area contributed by atoms with Gasteiger partial charge in [0.1, 0.15) is 5.57 Å². The monoisotopic (exact) mass is 320 g/mol. The quantitative estimate of drug-likeness (QED) is 0.603. The predicted octanol–water partition coefficient (Wildman–Crippen LogP) is 1.67. The molecule has 122 valence electrons.